The number of thiazole rings is 1. The van der Waals surface area contributed by atoms with Gasteiger partial charge < -0.3 is 9.47 Å². The summed E-state index contributed by atoms with van der Waals surface area (Å²) in [5.74, 6) is 0.318. The van der Waals surface area contributed by atoms with Gasteiger partial charge >= 0.3 is 12.1 Å². The molecule has 0 unspecified atom stereocenters. The lowest BCUT2D eigenvalue weighted by Gasteiger charge is -2.17. The van der Waals surface area contributed by atoms with Crippen LogP contribution in [0.3, 0.4) is 0 Å². The Kier molecular flexibility index (Phi) is 7.29. The van der Waals surface area contributed by atoms with Crippen LogP contribution in [0.25, 0.3) is 21.6 Å². The number of carbonyl (C=O) groups excluding carboxylic acids is 2. The number of hydrogen-bond donors (Lipinski definition) is 1. The van der Waals surface area contributed by atoms with E-state index in [9.17, 15) is 9.59 Å². The molecule has 194 valence electrons. The summed E-state index contributed by atoms with van der Waals surface area (Å²) < 4.78 is 10.7. The molecular weight excluding hydrogens is 496 g/mol. The fourth-order valence-electron chi connectivity index (χ4n) is 4.87. The number of aryl methyl sites for hydroxylation is 1. The predicted octanol–water partition coefficient (Wildman–Crippen LogP) is 7.55. The van der Waals surface area contributed by atoms with Gasteiger partial charge in [-0.2, -0.15) is 0 Å². The minimum absolute atomic E-state index is 0.160. The lowest BCUT2D eigenvalue weighted by atomic mass is 9.93. The van der Waals surface area contributed by atoms with Crippen molar-refractivity contribution >= 4 is 29.2 Å². The van der Waals surface area contributed by atoms with Gasteiger partial charge in [-0.25, -0.2) is 9.78 Å². The van der Waals surface area contributed by atoms with Crippen LogP contribution in [0.4, 0.5) is 10.6 Å². The second kappa shape index (κ2) is 10.8. The lowest BCUT2D eigenvalue weighted by molar-refractivity contribution is -0.143. The van der Waals surface area contributed by atoms with Crippen molar-refractivity contribution in [2.45, 2.75) is 44.6 Å². The third-order valence-corrected chi connectivity index (χ3v) is 8.07. The van der Waals surface area contributed by atoms with Crippen LogP contribution in [0.1, 0.15) is 49.5 Å². The van der Waals surface area contributed by atoms with E-state index in [-0.39, 0.29) is 12.1 Å². The lowest BCUT2D eigenvalue weighted by Crippen LogP contribution is -2.21. The molecular formula is C31H30N2O4S. The number of aromatic nitrogens is 1. The van der Waals surface area contributed by atoms with Crippen molar-refractivity contribution in [2.24, 2.45) is 0 Å². The highest BCUT2D eigenvalue weighted by Gasteiger charge is 2.52. The van der Waals surface area contributed by atoms with Gasteiger partial charge in [0.1, 0.15) is 6.10 Å². The molecule has 1 amide bonds. The Morgan fingerprint density at radius 3 is 2.24 bits per heavy atom. The molecule has 3 aromatic carbocycles. The number of carbonyl (C=O) groups is 2. The maximum atomic E-state index is 12.7. The molecule has 4 aromatic rings. The second-order valence-electron chi connectivity index (χ2n) is 9.48. The highest BCUT2D eigenvalue weighted by molar-refractivity contribution is 7.13. The zero-order valence-corrected chi connectivity index (χ0v) is 22.5. The van der Waals surface area contributed by atoms with E-state index in [1.54, 1.807) is 5.51 Å². The normalized spacial score (nSPS) is 14.4. The molecule has 1 atom stereocenters. The van der Waals surface area contributed by atoms with Crippen LogP contribution in [0.5, 0.6) is 0 Å². The van der Waals surface area contributed by atoms with Gasteiger partial charge in [0.25, 0.3) is 0 Å². The van der Waals surface area contributed by atoms with Crippen LogP contribution in [0.15, 0.2) is 78.3 Å². The number of esters is 1. The summed E-state index contributed by atoms with van der Waals surface area (Å²) in [6.45, 7) is 3.96. The zero-order valence-electron chi connectivity index (χ0n) is 21.7. The van der Waals surface area contributed by atoms with Crippen LogP contribution in [-0.2, 0) is 26.1 Å². The van der Waals surface area contributed by atoms with Crippen molar-refractivity contribution in [1.29, 1.82) is 0 Å². The first-order chi connectivity index (χ1) is 18.4. The molecule has 0 aliphatic heterocycles. The van der Waals surface area contributed by atoms with Crippen LogP contribution in [-0.4, -0.2) is 24.2 Å². The van der Waals surface area contributed by atoms with E-state index in [0.717, 1.165) is 57.5 Å². The molecule has 1 aromatic heterocycles. The van der Waals surface area contributed by atoms with E-state index in [4.69, 9.17) is 9.47 Å². The summed E-state index contributed by atoms with van der Waals surface area (Å²) >= 11 is 1.46. The molecule has 1 aliphatic rings. The highest BCUT2D eigenvalue weighted by Crippen LogP contribution is 2.49. The first-order valence-electron chi connectivity index (χ1n) is 12.7. The Bertz CT molecular complexity index is 1440. The zero-order chi connectivity index (χ0) is 26.7. The molecule has 0 saturated heterocycles. The maximum Gasteiger partial charge on any atom is 0.413 e. The summed E-state index contributed by atoms with van der Waals surface area (Å²) in [6.07, 6.45) is 1.62. The third kappa shape index (κ3) is 5.07. The third-order valence-electron chi connectivity index (χ3n) is 7.19. The van der Waals surface area contributed by atoms with Crippen molar-refractivity contribution in [3.05, 3.63) is 95.0 Å². The minimum Gasteiger partial charge on any atom is -0.468 e. The predicted molar refractivity (Wildman–Crippen MR) is 150 cm³/mol. The maximum absolute atomic E-state index is 12.7. The molecule has 1 saturated carbocycles. The molecule has 1 aliphatic carbocycles. The summed E-state index contributed by atoms with van der Waals surface area (Å²) in [7, 11) is 1.44. The first-order valence-corrected chi connectivity index (χ1v) is 13.6. The molecule has 5 rings (SSSR count). The Morgan fingerprint density at radius 2 is 1.61 bits per heavy atom. The van der Waals surface area contributed by atoms with Crippen molar-refractivity contribution < 1.29 is 19.1 Å². The summed E-state index contributed by atoms with van der Waals surface area (Å²) in [5.41, 5.74) is 7.49. The van der Waals surface area contributed by atoms with Gasteiger partial charge in [0.2, 0.25) is 0 Å². The van der Waals surface area contributed by atoms with Gasteiger partial charge in [-0.15, -0.1) is 11.3 Å². The Morgan fingerprint density at radius 1 is 0.974 bits per heavy atom. The Hall–Kier alpha value is -3.97. The minimum atomic E-state index is -0.535. The molecule has 0 spiro atoms. The molecule has 0 bridgehead atoms. The molecule has 1 fully saturated rings. The number of methoxy groups -OCH3 is 1. The van der Waals surface area contributed by atoms with Crippen molar-refractivity contribution in [3.8, 4) is 21.6 Å². The van der Waals surface area contributed by atoms with Gasteiger partial charge in [-0.1, -0.05) is 79.7 Å². The first kappa shape index (κ1) is 25.7. The number of nitrogens with zero attached hydrogens (tertiary/aromatic N) is 1. The fraction of sp³-hybridized carbons (Fsp3) is 0.258. The largest absolute Gasteiger partial charge is 0.468 e. The Balaban J connectivity index is 1.26. The number of nitrogens with one attached hydrogen (secondary N) is 1. The number of amides is 1. The topological polar surface area (TPSA) is 77.5 Å². The molecule has 38 heavy (non-hydrogen) atoms. The molecule has 7 heteroatoms. The molecule has 1 N–H and O–H groups in total. The van der Waals surface area contributed by atoms with E-state index < -0.39 is 11.5 Å². The van der Waals surface area contributed by atoms with Gasteiger partial charge in [0.05, 0.1) is 22.9 Å². The van der Waals surface area contributed by atoms with Crippen LogP contribution in [0, 0.1) is 0 Å². The number of anilines is 1. The average molecular weight is 527 g/mol. The van der Waals surface area contributed by atoms with Gasteiger partial charge in [0.15, 0.2) is 5.82 Å². The number of ether oxygens (including phenoxy) is 2. The van der Waals surface area contributed by atoms with Crippen LogP contribution < -0.4 is 5.32 Å². The SMILES string of the molecule is CCc1ccccc1[C@@H](C)OC(=O)Nc1ncsc1-c1ccc(-c2ccc(C3(C(=O)OC)CC3)cc2)cc1. The van der Waals surface area contributed by atoms with E-state index in [0.29, 0.717) is 5.82 Å². The second-order valence-corrected chi connectivity index (χ2v) is 10.3. The van der Waals surface area contributed by atoms with Crippen LogP contribution in [0.2, 0.25) is 0 Å². The number of hydrogen-bond acceptors (Lipinski definition) is 6. The summed E-state index contributed by atoms with van der Waals surface area (Å²) in [4.78, 5) is 30.1. The van der Waals surface area contributed by atoms with E-state index in [1.807, 2.05) is 73.7 Å². The number of rotatable bonds is 8. The number of benzene rings is 3. The van der Waals surface area contributed by atoms with Crippen molar-refractivity contribution in [1.82, 2.24) is 4.98 Å². The summed E-state index contributed by atoms with van der Waals surface area (Å²) in [6, 6.07) is 24.2. The smallest absolute Gasteiger partial charge is 0.413 e. The van der Waals surface area contributed by atoms with Gasteiger partial charge in [-0.3, -0.25) is 10.1 Å². The van der Waals surface area contributed by atoms with E-state index in [1.165, 1.54) is 18.4 Å². The Labute approximate surface area is 226 Å². The van der Waals surface area contributed by atoms with E-state index in [2.05, 4.69) is 23.3 Å². The molecule has 1 heterocycles. The van der Waals surface area contributed by atoms with Gasteiger partial charge in [-0.05, 0) is 59.6 Å². The van der Waals surface area contributed by atoms with Crippen LogP contribution >= 0.6 is 11.3 Å². The monoisotopic (exact) mass is 526 g/mol. The standard InChI is InChI=1S/C31H30N2O4S/c1-4-21-7-5-6-8-26(21)20(2)37-30(35)33-28-27(38-19-32-28)24-11-9-22(10-12-24)23-13-15-25(16-14-23)31(17-18-31)29(34)36-3/h5-16,19-20H,4,17-18H2,1-3H3,(H,33,35)/t20-/m1/s1. The fourth-order valence-corrected chi connectivity index (χ4v) is 5.62. The van der Waals surface area contributed by atoms with Crippen molar-refractivity contribution in [2.75, 3.05) is 12.4 Å². The summed E-state index contributed by atoms with van der Waals surface area (Å²) in [5, 5.41) is 2.81. The average Bonchev–Trinajstić information content (AvgIpc) is 3.65. The van der Waals surface area contributed by atoms with Gasteiger partial charge in [0, 0.05) is 0 Å². The molecule has 0 radical (unpaired) electrons. The van der Waals surface area contributed by atoms with Crippen molar-refractivity contribution in [3.63, 3.8) is 0 Å². The highest BCUT2D eigenvalue weighted by atomic mass is 32.1. The van der Waals surface area contributed by atoms with E-state index >= 15 is 0 Å². The molecule has 6 nitrogen and oxygen atoms in total. The quantitative estimate of drug-likeness (QED) is 0.240.